The first-order valence-corrected chi connectivity index (χ1v) is 12.7. The molecule has 1 aliphatic rings. The Morgan fingerprint density at radius 2 is 2.03 bits per heavy atom. The Morgan fingerprint density at radius 3 is 2.62 bits per heavy atom. The molecule has 0 radical (unpaired) electrons. The second-order valence-electron chi connectivity index (χ2n) is 6.77. The van der Waals surface area contributed by atoms with Crippen molar-refractivity contribution in [3.63, 3.8) is 0 Å². The Labute approximate surface area is 197 Å². The number of aryl methyl sites for hydroxylation is 1. The van der Waals surface area contributed by atoms with Crippen molar-refractivity contribution in [1.82, 2.24) is 5.32 Å². The summed E-state index contributed by atoms with van der Waals surface area (Å²) in [6.45, 7) is 1.83. The van der Waals surface area contributed by atoms with Crippen LogP contribution in [0.1, 0.15) is 30.4 Å². The first kappa shape index (κ1) is 24.1. The summed E-state index contributed by atoms with van der Waals surface area (Å²) in [4.78, 5) is 35.2. The normalized spacial score (nSPS) is 18.1. The molecule has 2 heterocycles. The molecule has 0 spiro atoms. The smallest absolute Gasteiger partial charge is 0.409 e. The number of hydrogen-bond donors (Lipinski definition) is 3. The molecule has 168 valence electrons. The van der Waals surface area contributed by atoms with E-state index in [1.54, 1.807) is 18.2 Å². The molecule has 0 aliphatic carbocycles. The number of thiophene rings is 1. The van der Waals surface area contributed by atoms with Gasteiger partial charge in [0.25, 0.3) is 11.1 Å². The van der Waals surface area contributed by atoms with Crippen LogP contribution in [-0.4, -0.2) is 34.8 Å². The van der Waals surface area contributed by atoms with Crippen molar-refractivity contribution in [3.8, 4) is 11.8 Å². The maximum absolute atomic E-state index is 13.2. The second kappa shape index (κ2) is 9.54. The number of halogens is 1. The highest BCUT2D eigenvalue weighted by Gasteiger charge is 2.58. The van der Waals surface area contributed by atoms with E-state index in [1.807, 2.05) is 6.92 Å². The van der Waals surface area contributed by atoms with E-state index in [0.717, 1.165) is 16.9 Å². The minimum atomic E-state index is -4.17. The number of anilines is 1. The van der Waals surface area contributed by atoms with Gasteiger partial charge in [0, 0.05) is 17.7 Å². The quantitative estimate of drug-likeness (QED) is 0.384. The van der Waals surface area contributed by atoms with Crippen LogP contribution in [0.5, 0.6) is 0 Å². The molecule has 1 fully saturated rings. The van der Waals surface area contributed by atoms with Crippen LogP contribution in [0.2, 0.25) is 4.34 Å². The van der Waals surface area contributed by atoms with Gasteiger partial charge < -0.3 is 5.11 Å². The molecular weight excluding hydrogens is 496 g/mol. The predicted molar refractivity (Wildman–Crippen MR) is 124 cm³/mol. The molecule has 1 unspecified atom stereocenters. The summed E-state index contributed by atoms with van der Waals surface area (Å²) >= 11 is 7.15. The van der Waals surface area contributed by atoms with Gasteiger partial charge in [0.1, 0.15) is 4.21 Å². The fraction of sp³-hybridized carbons (Fsp3) is 0.250. The summed E-state index contributed by atoms with van der Waals surface area (Å²) in [5.74, 6) is 4.99. The van der Waals surface area contributed by atoms with Crippen molar-refractivity contribution in [1.29, 1.82) is 0 Å². The lowest BCUT2D eigenvalue weighted by molar-refractivity contribution is -0.120. The molecule has 3 N–H and O–H groups in total. The maximum Gasteiger partial charge on any atom is 0.409 e. The van der Waals surface area contributed by atoms with Crippen LogP contribution in [-0.2, 0) is 14.6 Å². The maximum atomic E-state index is 13.2. The molecule has 2 aromatic rings. The molecule has 0 saturated carbocycles. The van der Waals surface area contributed by atoms with Crippen molar-refractivity contribution in [2.75, 3.05) is 5.32 Å². The van der Waals surface area contributed by atoms with E-state index in [1.165, 1.54) is 12.1 Å². The number of carboxylic acid groups (broad SMARTS) is 1. The number of carbonyl (C=O) groups is 3. The minimum Gasteiger partial charge on any atom is -0.465 e. The lowest BCUT2D eigenvalue weighted by Crippen LogP contribution is -2.43. The van der Waals surface area contributed by atoms with Gasteiger partial charge in [-0.05, 0) is 61.4 Å². The van der Waals surface area contributed by atoms with Gasteiger partial charge >= 0.3 is 6.09 Å². The van der Waals surface area contributed by atoms with Crippen molar-refractivity contribution in [2.24, 2.45) is 0 Å². The SMILES string of the molecule is Cc1ccc(NC(=O)O)cc1C#CCCCC1(S(=O)(=O)c2ccc(Cl)s2)SC(=O)NC1=O. The van der Waals surface area contributed by atoms with Crippen LogP contribution in [0.4, 0.5) is 15.3 Å². The summed E-state index contributed by atoms with van der Waals surface area (Å²) in [6, 6.07) is 7.69. The number of amides is 3. The fourth-order valence-electron chi connectivity index (χ4n) is 3.02. The highest BCUT2D eigenvalue weighted by atomic mass is 35.5. The zero-order valence-corrected chi connectivity index (χ0v) is 19.8. The van der Waals surface area contributed by atoms with E-state index in [9.17, 15) is 22.8 Å². The van der Waals surface area contributed by atoms with Gasteiger partial charge in [0.05, 0.1) is 4.34 Å². The van der Waals surface area contributed by atoms with Crippen LogP contribution in [0.25, 0.3) is 0 Å². The van der Waals surface area contributed by atoms with E-state index < -0.39 is 31.2 Å². The van der Waals surface area contributed by atoms with Crippen LogP contribution in [0.3, 0.4) is 0 Å². The fourth-order valence-corrected chi connectivity index (χ4v) is 8.27. The highest BCUT2D eigenvalue weighted by molar-refractivity contribution is 8.25. The Bertz CT molecular complexity index is 1260. The molecule has 1 aromatic carbocycles. The van der Waals surface area contributed by atoms with E-state index in [-0.39, 0.29) is 27.8 Å². The Kier molecular flexibility index (Phi) is 7.19. The van der Waals surface area contributed by atoms with E-state index >= 15 is 0 Å². The average molecular weight is 513 g/mol. The van der Waals surface area contributed by atoms with Gasteiger partial charge in [-0.2, -0.15) is 0 Å². The molecule has 12 heteroatoms. The lowest BCUT2D eigenvalue weighted by atomic mass is 10.1. The topological polar surface area (TPSA) is 130 Å². The first-order chi connectivity index (χ1) is 15.0. The Balaban J connectivity index is 1.77. The average Bonchev–Trinajstić information content (AvgIpc) is 3.27. The monoisotopic (exact) mass is 512 g/mol. The number of sulfone groups is 1. The standard InChI is InChI=1S/C20H17ClN2O6S3/c1-12-6-7-14(22-18(25)26)11-13(12)5-3-2-4-10-20(17(24)23-19(27)31-20)32(28,29)16-9-8-15(21)30-16/h6-9,11,22H,2,4,10H2,1H3,(H,25,26)(H,23,24,27). The highest BCUT2D eigenvalue weighted by Crippen LogP contribution is 2.46. The number of thioether (sulfide) groups is 1. The number of rotatable bonds is 6. The third kappa shape index (κ3) is 4.94. The molecule has 1 aliphatic heterocycles. The molecule has 0 bridgehead atoms. The number of benzene rings is 1. The lowest BCUT2D eigenvalue weighted by Gasteiger charge is -2.23. The Morgan fingerprint density at radius 1 is 1.28 bits per heavy atom. The molecule has 32 heavy (non-hydrogen) atoms. The zero-order chi connectivity index (χ0) is 23.5. The summed E-state index contributed by atoms with van der Waals surface area (Å²) < 4.78 is 24.6. The van der Waals surface area contributed by atoms with Crippen molar-refractivity contribution < 1.29 is 27.9 Å². The molecule has 1 atom stereocenters. The molecule has 3 amide bonds. The van der Waals surface area contributed by atoms with Gasteiger partial charge in [-0.25, -0.2) is 13.2 Å². The number of imide groups is 1. The van der Waals surface area contributed by atoms with Crippen LogP contribution in [0.15, 0.2) is 34.5 Å². The summed E-state index contributed by atoms with van der Waals surface area (Å²) in [6.07, 6.45) is -0.791. The van der Waals surface area contributed by atoms with Crippen LogP contribution >= 0.6 is 34.7 Å². The van der Waals surface area contributed by atoms with Crippen LogP contribution < -0.4 is 10.6 Å². The van der Waals surface area contributed by atoms with E-state index in [2.05, 4.69) is 22.5 Å². The van der Waals surface area contributed by atoms with E-state index in [0.29, 0.717) is 23.0 Å². The van der Waals surface area contributed by atoms with Crippen LogP contribution in [0, 0.1) is 18.8 Å². The summed E-state index contributed by atoms with van der Waals surface area (Å²) in [5.41, 5.74) is 1.85. The number of hydrogen-bond acceptors (Lipinski definition) is 7. The van der Waals surface area contributed by atoms with Crippen molar-refractivity contribution in [3.05, 3.63) is 45.8 Å². The number of unbranched alkanes of at least 4 members (excludes halogenated alkanes) is 1. The molecular formula is C20H17ClN2O6S3. The zero-order valence-electron chi connectivity index (χ0n) is 16.6. The molecule has 3 rings (SSSR count). The number of carbonyl (C=O) groups excluding carboxylic acids is 2. The molecule has 8 nitrogen and oxygen atoms in total. The van der Waals surface area contributed by atoms with Gasteiger partial charge in [-0.3, -0.25) is 20.2 Å². The minimum absolute atomic E-state index is 0.0793. The summed E-state index contributed by atoms with van der Waals surface area (Å²) in [5, 5.41) is 12.4. The van der Waals surface area contributed by atoms with Gasteiger partial charge in [-0.1, -0.05) is 29.5 Å². The van der Waals surface area contributed by atoms with Gasteiger partial charge in [0.2, 0.25) is 13.9 Å². The van der Waals surface area contributed by atoms with Gasteiger partial charge in [0.15, 0.2) is 0 Å². The summed E-state index contributed by atoms with van der Waals surface area (Å²) in [7, 11) is -4.17. The largest absolute Gasteiger partial charge is 0.465 e. The van der Waals surface area contributed by atoms with E-state index in [4.69, 9.17) is 16.7 Å². The first-order valence-electron chi connectivity index (χ1n) is 9.19. The Hall–Kier alpha value is -2.52. The third-order valence-electron chi connectivity index (χ3n) is 4.59. The van der Waals surface area contributed by atoms with Crippen molar-refractivity contribution in [2.45, 2.75) is 34.5 Å². The molecule has 1 aromatic heterocycles. The van der Waals surface area contributed by atoms with Crippen molar-refractivity contribution >= 4 is 67.5 Å². The predicted octanol–water partition coefficient (Wildman–Crippen LogP) is 4.47. The van der Waals surface area contributed by atoms with Gasteiger partial charge in [-0.15, -0.1) is 11.3 Å². The molecule has 1 saturated heterocycles. The second-order valence-corrected chi connectivity index (χ2v) is 12.4. The number of nitrogens with one attached hydrogen (secondary N) is 2. The third-order valence-corrected chi connectivity index (χ3v) is 10.4.